The van der Waals surface area contributed by atoms with E-state index in [1.54, 1.807) is 25.3 Å². The number of methoxy groups -OCH3 is 1. The van der Waals surface area contributed by atoms with Crippen LogP contribution in [0.5, 0.6) is 5.75 Å². The first-order valence-corrected chi connectivity index (χ1v) is 8.97. The number of nitrogens with zero attached hydrogens (tertiary/aromatic N) is 3. The van der Waals surface area contributed by atoms with Crippen molar-refractivity contribution in [3.8, 4) is 5.75 Å². The normalized spacial score (nSPS) is 10.7. The van der Waals surface area contributed by atoms with E-state index in [2.05, 4.69) is 29.3 Å². The van der Waals surface area contributed by atoms with Crippen molar-refractivity contribution in [1.29, 1.82) is 0 Å². The maximum Gasteiger partial charge on any atom is 0.273 e. The third kappa shape index (κ3) is 5.29. The number of hydrogen-bond acceptors (Lipinski definition) is 6. The summed E-state index contributed by atoms with van der Waals surface area (Å²) in [7, 11) is 1.58. The third-order valence-electron chi connectivity index (χ3n) is 4.28. The minimum absolute atomic E-state index is 0.0877. The molecule has 8 nitrogen and oxygen atoms in total. The number of carbonyl (C=O) groups is 1. The van der Waals surface area contributed by atoms with Crippen LogP contribution < -0.4 is 15.1 Å². The Labute approximate surface area is 164 Å². The highest BCUT2D eigenvalue weighted by atomic mass is 16.6. The van der Waals surface area contributed by atoms with Gasteiger partial charge in [0.1, 0.15) is 5.75 Å². The van der Waals surface area contributed by atoms with Gasteiger partial charge in [-0.15, -0.1) is 0 Å². The van der Waals surface area contributed by atoms with Crippen molar-refractivity contribution in [1.82, 2.24) is 5.43 Å². The third-order valence-corrected chi connectivity index (χ3v) is 4.28. The van der Waals surface area contributed by atoms with Crippen molar-refractivity contribution in [3.05, 3.63) is 63.7 Å². The molecule has 0 radical (unpaired) electrons. The summed E-state index contributed by atoms with van der Waals surface area (Å²) < 4.78 is 5.41. The fraction of sp³-hybridized carbons (Fsp3) is 0.300. The summed E-state index contributed by atoms with van der Waals surface area (Å²) in [4.78, 5) is 24.8. The molecular formula is C20H24N4O4. The van der Waals surface area contributed by atoms with Gasteiger partial charge in [0.05, 0.1) is 24.7 Å². The van der Waals surface area contributed by atoms with Gasteiger partial charge in [-0.25, -0.2) is 5.43 Å². The molecule has 0 heterocycles. The van der Waals surface area contributed by atoms with Crippen molar-refractivity contribution < 1.29 is 14.5 Å². The van der Waals surface area contributed by atoms with Crippen LogP contribution in [0.1, 0.15) is 25.0 Å². The Hall–Kier alpha value is -3.42. The second-order valence-corrected chi connectivity index (χ2v) is 5.95. The van der Waals surface area contributed by atoms with E-state index >= 15 is 0 Å². The molecule has 148 valence electrons. The largest absolute Gasteiger partial charge is 0.496 e. The van der Waals surface area contributed by atoms with Crippen molar-refractivity contribution >= 4 is 23.5 Å². The molecule has 0 saturated heterocycles. The average Bonchev–Trinajstić information content (AvgIpc) is 2.69. The molecule has 0 atom stereocenters. The minimum Gasteiger partial charge on any atom is -0.496 e. The topological polar surface area (TPSA) is 97.1 Å². The molecule has 2 aromatic rings. The Kier molecular flexibility index (Phi) is 7.50. The summed E-state index contributed by atoms with van der Waals surface area (Å²) in [6.45, 7) is 5.93. The van der Waals surface area contributed by atoms with Gasteiger partial charge in [0.2, 0.25) is 5.91 Å². The predicted octanol–water partition coefficient (Wildman–Crippen LogP) is 3.14. The van der Waals surface area contributed by atoms with Crippen LogP contribution in [0.4, 0.5) is 11.4 Å². The summed E-state index contributed by atoms with van der Waals surface area (Å²) in [5, 5.41) is 15.0. The zero-order valence-electron chi connectivity index (χ0n) is 16.2. The molecule has 0 saturated carbocycles. The van der Waals surface area contributed by atoms with E-state index < -0.39 is 10.8 Å². The number of anilines is 1. The molecule has 0 spiro atoms. The van der Waals surface area contributed by atoms with Crippen molar-refractivity contribution in [2.45, 2.75) is 20.3 Å². The van der Waals surface area contributed by atoms with E-state index in [-0.39, 0.29) is 12.1 Å². The van der Waals surface area contributed by atoms with Crippen LogP contribution >= 0.6 is 0 Å². The maximum absolute atomic E-state index is 12.1. The van der Waals surface area contributed by atoms with E-state index in [0.717, 1.165) is 18.8 Å². The van der Waals surface area contributed by atoms with Crippen LogP contribution in [0, 0.1) is 10.1 Å². The van der Waals surface area contributed by atoms with Crippen LogP contribution in [0.2, 0.25) is 0 Å². The highest BCUT2D eigenvalue weighted by molar-refractivity contribution is 5.86. The summed E-state index contributed by atoms with van der Waals surface area (Å²) in [5.41, 5.74) is 4.40. The number of rotatable bonds is 9. The summed E-state index contributed by atoms with van der Waals surface area (Å²) in [6.07, 6.45) is 1.36. The Morgan fingerprint density at radius 1 is 1.25 bits per heavy atom. The summed E-state index contributed by atoms with van der Waals surface area (Å²) >= 11 is 0. The molecule has 0 aliphatic rings. The molecular weight excluding hydrogens is 360 g/mol. The lowest BCUT2D eigenvalue weighted by atomic mass is 10.1. The molecule has 8 heteroatoms. The molecule has 0 aliphatic heterocycles. The molecule has 1 N–H and O–H groups in total. The molecule has 28 heavy (non-hydrogen) atoms. The first kappa shape index (κ1) is 20.9. The molecule has 2 rings (SSSR count). The number of benzene rings is 2. The Morgan fingerprint density at radius 3 is 2.61 bits per heavy atom. The Bertz CT molecular complexity index is 863. The van der Waals surface area contributed by atoms with E-state index in [0.29, 0.717) is 16.9 Å². The summed E-state index contributed by atoms with van der Waals surface area (Å²) in [6, 6.07) is 11.9. The van der Waals surface area contributed by atoms with Gasteiger partial charge in [-0.1, -0.05) is 18.2 Å². The summed E-state index contributed by atoms with van der Waals surface area (Å²) in [5.74, 6) is 0.199. The molecule has 0 fully saturated rings. The molecule has 0 bridgehead atoms. The number of nitrogens with one attached hydrogen (secondary N) is 1. The van der Waals surface area contributed by atoms with E-state index in [1.165, 1.54) is 12.3 Å². The number of ether oxygens (including phenoxy) is 1. The lowest BCUT2D eigenvalue weighted by Gasteiger charge is -2.21. The van der Waals surface area contributed by atoms with Crippen LogP contribution in [-0.2, 0) is 11.2 Å². The van der Waals surface area contributed by atoms with Gasteiger partial charge < -0.3 is 9.64 Å². The molecule has 0 aromatic heterocycles. The zero-order chi connectivity index (χ0) is 20.5. The smallest absolute Gasteiger partial charge is 0.273 e. The second-order valence-electron chi connectivity index (χ2n) is 5.95. The van der Waals surface area contributed by atoms with Gasteiger partial charge in [0.15, 0.2) is 0 Å². The minimum atomic E-state index is -0.506. The van der Waals surface area contributed by atoms with Gasteiger partial charge in [0, 0.05) is 42.0 Å². The van der Waals surface area contributed by atoms with Crippen LogP contribution in [0.3, 0.4) is 0 Å². The molecule has 0 unspecified atom stereocenters. The molecule has 2 aromatic carbocycles. The van der Waals surface area contributed by atoms with Crippen molar-refractivity contribution in [2.75, 3.05) is 25.1 Å². The average molecular weight is 384 g/mol. The highest BCUT2D eigenvalue weighted by Gasteiger charge is 2.15. The second kappa shape index (κ2) is 10.1. The zero-order valence-corrected chi connectivity index (χ0v) is 16.2. The number of carbonyl (C=O) groups excluding carboxylic acids is 1. The van der Waals surface area contributed by atoms with E-state index in [1.807, 2.05) is 18.2 Å². The van der Waals surface area contributed by atoms with Crippen LogP contribution in [-0.4, -0.2) is 37.2 Å². The maximum atomic E-state index is 12.1. The van der Waals surface area contributed by atoms with Crippen molar-refractivity contribution in [2.24, 2.45) is 5.10 Å². The quantitative estimate of drug-likeness (QED) is 0.407. The number of para-hydroxylation sites is 1. The predicted molar refractivity (Wildman–Crippen MR) is 109 cm³/mol. The first-order valence-electron chi connectivity index (χ1n) is 8.97. The Balaban J connectivity index is 2.06. The number of amides is 1. The standard InChI is InChI=1S/C20H24N4O4/c1-4-23(5-2)17-11-10-16(19(13-17)28-3)14-21-22-20(25)12-15-8-6-7-9-18(15)24(26)27/h6-11,13-14H,4-5,12H2,1-3H3,(H,22,25)/b21-14+. The van der Waals surface area contributed by atoms with Crippen LogP contribution in [0.25, 0.3) is 0 Å². The molecule has 0 aliphatic carbocycles. The van der Waals surface area contributed by atoms with E-state index in [4.69, 9.17) is 4.74 Å². The fourth-order valence-electron chi connectivity index (χ4n) is 2.82. The van der Waals surface area contributed by atoms with Gasteiger partial charge in [0.25, 0.3) is 5.69 Å². The lowest BCUT2D eigenvalue weighted by Crippen LogP contribution is -2.22. The van der Waals surface area contributed by atoms with Crippen LogP contribution in [0.15, 0.2) is 47.6 Å². The SMILES string of the molecule is CCN(CC)c1ccc(/C=N/NC(=O)Cc2ccccc2[N+](=O)[O-])c(OC)c1. The van der Waals surface area contributed by atoms with Gasteiger partial charge in [-0.2, -0.15) is 5.10 Å². The van der Waals surface area contributed by atoms with Gasteiger partial charge in [-0.05, 0) is 26.0 Å². The van der Waals surface area contributed by atoms with E-state index in [9.17, 15) is 14.9 Å². The fourth-order valence-corrected chi connectivity index (χ4v) is 2.82. The number of nitro groups is 1. The van der Waals surface area contributed by atoms with Gasteiger partial charge in [-0.3, -0.25) is 14.9 Å². The highest BCUT2D eigenvalue weighted by Crippen LogP contribution is 2.24. The monoisotopic (exact) mass is 384 g/mol. The number of hydrazone groups is 1. The number of nitro benzene ring substituents is 1. The number of hydrogen-bond donors (Lipinski definition) is 1. The van der Waals surface area contributed by atoms with Gasteiger partial charge >= 0.3 is 0 Å². The lowest BCUT2D eigenvalue weighted by molar-refractivity contribution is -0.385. The first-order chi connectivity index (χ1) is 13.5. The van der Waals surface area contributed by atoms with Crippen molar-refractivity contribution in [3.63, 3.8) is 0 Å². The molecule has 1 amide bonds. The Morgan fingerprint density at radius 2 is 1.96 bits per heavy atom.